The van der Waals surface area contributed by atoms with Crippen molar-refractivity contribution < 1.29 is 18.3 Å². The lowest BCUT2D eigenvalue weighted by Crippen LogP contribution is -2.43. The van der Waals surface area contributed by atoms with Crippen LogP contribution in [-0.4, -0.2) is 59.7 Å². The molecule has 8 heteroatoms. The van der Waals surface area contributed by atoms with Crippen molar-refractivity contribution >= 4 is 24.2 Å². The molecule has 1 aromatic carbocycles. The van der Waals surface area contributed by atoms with E-state index in [1.165, 1.54) is 0 Å². The molecular formula is C21H26BF2N3O2. The van der Waals surface area contributed by atoms with Crippen molar-refractivity contribution in [2.75, 3.05) is 19.7 Å². The molecular weight excluding hydrogens is 375 g/mol. The summed E-state index contributed by atoms with van der Waals surface area (Å²) < 4.78 is 40.8. The highest BCUT2D eigenvalue weighted by Crippen LogP contribution is 2.40. The van der Waals surface area contributed by atoms with E-state index in [9.17, 15) is 8.78 Å². The Labute approximate surface area is 171 Å². The summed E-state index contributed by atoms with van der Waals surface area (Å²) in [5, 5.41) is 0.446. The second-order valence-corrected chi connectivity index (χ2v) is 9.21. The molecule has 2 aromatic rings. The number of ether oxygens (including phenoxy) is 2. The van der Waals surface area contributed by atoms with Gasteiger partial charge >= 0.3 is 6.01 Å². The summed E-state index contributed by atoms with van der Waals surface area (Å²) in [6.07, 6.45) is 1.47. The molecule has 1 aromatic heterocycles. The first-order valence-electron chi connectivity index (χ1n) is 10.1. The van der Waals surface area contributed by atoms with Crippen molar-refractivity contribution in [3.8, 4) is 11.9 Å². The molecule has 0 spiro atoms. The molecule has 3 heterocycles. The Morgan fingerprint density at radius 1 is 1.34 bits per heavy atom. The molecule has 0 aliphatic carbocycles. The normalized spacial score (nSPS) is 24.8. The van der Waals surface area contributed by atoms with Gasteiger partial charge < -0.3 is 9.47 Å². The first-order chi connectivity index (χ1) is 13.6. The fourth-order valence-corrected chi connectivity index (χ4v) is 4.40. The van der Waals surface area contributed by atoms with Crippen LogP contribution in [0.3, 0.4) is 0 Å². The van der Waals surface area contributed by atoms with Gasteiger partial charge in [-0.05, 0) is 53.1 Å². The summed E-state index contributed by atoms with van der Waals surface area (Å²) in [6, 6.07) is 1.74. The third-order valence-corrected chi connectivity index (χ3v) is 5.75. The van der Waals surface area contributed by atoms with Crippen LogP contribution in [0, 0.1) is 12.7 Å². The highest BCUT2D eigenvalue weighted by atomic mass is 19.1. The monoisotopic (exact) mass is 401 g/mol. The lowest BCUT2D eigenvalue weighted by molar-refractivity contribution is 0.102. The average Bonchev–Trinajstić information content (AvgIpc) is 3.13. The molecule has 5 nitrogen and oxygen atoms in total. The molecule has 0 saturated carbocycles. The molecule has 2 atom stereocenters. The van der Waals surface area contributed by atoms with E-state index in [0.29, 0.717) is 23.9 Å². The van der Waals surface area contributed by atoms with Crippen LogP contribution in [0.15, 0.2) is 6.07 Å². The van der Waals surface area contributed by atoms with Crippen LogP contribution in [0.25, 0.3) is 10.9 Å². The van der Waals surface area contributed by atoms with Crippen LogP contribution in [0.2, 0.25) is 0 Å². The zero-order valence-corrected chi connectivity index (χ0v) is 17.4. The minimum Gasteiger partial charge on any atom is -0.471 e. The quantitative estimate of drug-likeness (QED) is 0.738. The van der Waals surface area contributed by atoms with Crippen LogP contribution in [0.4, 0.5) is 8.78 Å². The summed E-state index contributed by atoms with van der Waals surface area (Å²) in [5.41, 5.74) is -0.189. The third kappa shape index (κ3) is 3.79. The second kappa shape index (κ2) is 7.08. The number of halogens is 2. The molecule has 2 radical (unpaired) electrons. The first kappa shape index (κ1) is 20.3. The SMILES string of the molecule is [B]c1c(C)cc2c(OC(C)(C)C)nc(OCC34CCCN3C[C@H](F)C4)nc2c1F. The Hall–Kier alpha value is -1.96. The zero-order valence-electron chi connectivity index (χ0n) is 17.4. The Morgan fingerprint density at radius 2 is 2.10 bits per heavy atom. The maximum atomic E-state index is 14.9. The highest BCUT2D eigenvalue weighted by Gasteiger charge is 2.49. The van der Waals surface area contributed by atoms with Crippen LogP contribution in [0.1, 0.15) is 45.6 Å². The maximum Gasteiger partial charge on any atom is 0.320 e. The molecule has 29 heavy (non-hydrogen) atoms. The zero-order chi connectivity index (χ0) is 21.0. The number of alkyl halides is 1. The number of benzene rings is 1. The summed E-state index contributed by atoms with van der Waals surface area (Å²) in [6.45, 7) is 8.95. The molecule has 4 rings (SSSR count). The summed E-state index contributed by atoms with van der Waals surface area (Å²) in [5.74, 6) is -0.369. The minimum absolute atomic E-state index is 0.0161. The molecule has 0 N–H and O–H groups in total. The van der Waals surface area contributed by atoms with Gasteiger partial charge in [0.05, 0.1) is 10.9 Å². The molecule has 1 unspecified atom stereocenters. The van der Waals surface area contributed by atoms with Crippen molar-refractivity contribution in [3.05, 3.63) is 17.4 Å². The fourth-order valence-electron chi connectivity index (χ4n) is 4.40. The number of hydrogen-bond donors (Lipinski definition) is 0. The van der Waals surface area contributed by atoms with Crippen molar-refractivity contribution in [2.24, 2.45) is 0 Å². The standard InChI is InChI=1S/C21H26BF2N3O2/c1-12-8-14-17(16(24)15(12)22)25-19(26-18(14)29-20(2,3)4)28-11-21-6-5-7-27(21)10-13(23)9-21/h8,13H,5-7,9-11H2,1-4H3/t13-,21?/m1/s1. The maximum absolute atomic E-state index is 14.9. The van der Waals surface area contributed by atoms with E-state index in [4.69, 9.17) is 17.3 Å². The van der Waals surface area contributed by atoms with Gasteiger partial charge in [-0.2, -0.15) is 9.97 Å². The molecule has 2 fully saturated rings. The molecule has 0 bridgehead atoms. The van der Waals surface area contributed by atoms with Crippen LogP contribution in [-0.2, 0) is 0 Å². The van der Waals surface area contributed by atoms with E-state index in [0.717, 1.165) is 19.4 Å². The highest BCUT2D eigenvalue weighted by molar-refractivity contribution is 6.34. The number of nitrogens with zero attached hydrogens (tertiary/aromatic N) is 3. The third-order valence-electron chi connectivity index (χ3n) is 5.75. The largest absolute Gasteiger partial charge is 0.471 e. The molecule has 0 amide bonds. The van der Waals surface area contributed by atoms with Gasteiger partial charge in [0.25, 0.3) is 0 Å². The Balaban J connectivity index is 1.71. The molecule has 2 aliphatic rings. The second-order valence-electron chi connectivity index (χ2n) is 9.21. The topological polar surface area (TPSA) is 47.5 Å². The first-order valence-corrected chi connectivity index (χ1v) is 10.1. The predicted molar refractivity (Wildman–Crippen MR) is 109 cm³/mol. The number of hydrogen-bond acceptors (Lipinski definition) is 5. The van der Waals surface area contributed by atoms with E-state index in [-0.39, 0.29) is 35.0 Å². The molecule has 2 aliphatic heterocycles. The van der Waals surface area contributed by atoms with Gasteiger partial charge in [0.2, 0.25) is 5.88 Å². The van der Waals surface area contributed by atoms with Gasteiger partial charge in [0.1, 0.15) is 37.6 Å². The van der Waals surface area contributed by atoms with Crippen molar-refractivity contribution in [1.82, 2.24) is 14.9 Å². The number of fused-ring (bicyclic) bond motifs is 2. The van der Waals surface area contributed by atoms with Crippen molar-refractivity contribution in [2.45, 2.75) is 64.3 Å². The van der Waals surface area contributed by atoms with Crippen LogP contribution >= 0.6 is 0 Å². The van der Waals surface area contributed by atoms with E-state index in [1.807, 2.05) is 20.8 Å². The smallest absolute Gasteiger partial charge is 0.320 e. The predicted octanol–water partition coefficient (Wildman–Crippen LogP) is 3.00. The number of aryl methyl sites for hydroxylation is 1. The summed E-state index contributed by atoms with van der Waals surface area (Å²) >= 11 is 0. The number of rotatable bonds is 4. The van der Waals surface area contributed by atoms with Gasteiger partial charge in [-0.25, -0.2) is 8.78 Å². The Morgan fingerprint density at radius 3 is 2.83 bits per heavy atom. The van der Waals surface area contributed by atoms with E-state index >= 15 is 0 Å². The van der Waals surface area contributed by atoms with Gasteiger partial charge in [-0.3, -0.25) is 4.90 Å². The Kier molecular flexibility index (Phi) is 4.96. The summed E-state index contributed by atoms with van der Waals surface area (Å²) in [4.78, 5) is 10.8. The fraction of sp³-hybridized carbons (Fsp3) is 0.619. The van der Waals surface area contributed by atoms with Gasteiger partial charge in [-0.1, -0.05) is 11.0 Å². The van der Waals surface area contributed by atoms with Gasteiger partial charge in [0.15, 0.2) is 0 Å². The van der Waals surface area contributed by atoms with E-state index in [1.54, 1.807) is 13.0 Å². The van der Waals surface area contributed by atoms with Crippen molar-refractivity contribution in [3.63, 3.8) is 0 Å². The lowest BCUT2D eigenvalue weighted by Gasteiger charge is -2.31. The molecule has 2 saturated heterocycles. The van der Waals surface area contributed by atoms with Crippen LogP contribution < -0.4 is 14.9 Å². The van der Waals surface area contributed by atoms with E-state index in [2.05, 4.69) is 14.9 Å². The summed E-state index contributed by atoms with van der Waals surface area (Å²) in [7, 11) is 5.87. The van der Waals surface area contributed by atoms with E-state index < -0.39 is 17.6 Å². The Bertz CT molecular complexity index is 950. The van der Waals surface area contributed by atoms with Gasteiger partial charge in [-0.15, -0.1) is 0 Å². The van der Waals surface area contributed by atoms with Crippen LogP contribution in [0.5, 0.6) is 11.9 Å². The lowest BCUT2D eigenvalue weighted by atomic mass is 9.89. The number of aromatic nitrogens is 2. The minimum atomic E-state index is -0.851. The van der Waals surface area contributed by atoms with Crippen molar-refractivity contribution in [1.29, 1.82) is 0 Å². The average molecular weight is 401 g/mol. The van der Waals surface area contributed by atoms with Gasteiger partial charge in [0, 0.05) is 13.0 Å². The molecule has 154 valence electrons.